The molecule has 1 aromatic carbocycles. The number of amides is 2. The van der Waals surface area contributed by atoms with Gasteiger partial charge in [0.1, 0.15) is 6.61 Å². The number of aliphatic carboxylic acids is 1. The first-order valence-electron chi connectivity index (χ1n) is 5.83. The lowest BCUT2D eigenvalue weighted by Gasteiger charge is -2.14. The van der Waals surface area contributed by atoms with Gasteiger partial charge in [-0.3, -0.25) is 19.2 Å². The highest BCUT2D eigenvalue weighted by Gasteiger charge is 2.40. The minimum absolute atomic E-state index is 0.0953. The minimum atomic E-state index is -1.10. The van der Waals surface area contributed by atoms with Gasteiger partial charge in [0, 0.05) is 6.42 Å². The third-order valence-electron chi connectivity index (χ3n) is 2.82. The zero-order chi connectivity index (χ0) is 13.8. The van der Waals surface area contributed by atoms with E-state index in [9.17, 15) is 14.4 Å². The molecule has 1 atom stereocenters. The molecule has 1 heterocycles. The Morgan fingerprint density at radius 2 is 2.00 bits per heavy atom. The Labute approximate surface area is 109 Å². The van der Waals surface area contributed by atoms with Crippen LogP contribution in [0.5, 0.6) is 0 Å². The quantitative estimate of drug-likeness (QED) is 0.800. The van der Waals surface area contributed by atoms with Crippen molar-refractivity contribution in [3.8, 4) is 0 Å². The second kappa shape index (κ2) is 5.62. The lowest BCUT2D eigenvalue weighted by molar-refractivity contribution is -0.192. The van der Waals surface area contributed by atoms with Gasteiger partial charge in [-0.05, 0) is 5.56 Å². The molecule has 19 heavy (non-hydrogen) atoms. The van der Waals surface area contributed by atoms with Crippen LogP contribution in [0.4, 0.5) is 0 Å². The van der Waals surface area contributed by atoms with E-state index in [1.807, 2.05) is 18.2 Å². The van der Waals surface area contributed by atoms with E-state index < -0.39 is 23.7 Å². The highest BCUT2D eigenvalue weighted by Crippen LogP contribution is 2.23. The molecule has 0 aliphatic carbocycles. The minimum Gasteiger partial charge on any atom is -0.481 e. The van der Waals surface area contributed by atoms with Crippen molar-refractivity contribution in [3.05, 3.63) is 35.9 Å². The Bertz CT molecular complexity index is 499. The number of nitrogens with zero attached hydrogens (tertiary/aromatic N) is 1. The van der Waals surface area contributed by atoms with Crippen molar-refractivity contribution in [2.75, 3.05) is 0 Å². The molecule has 0 aromatic heterocycles. The van der Waals surface area contributed by atoms with Crippen molar-refractivity contribution in [2.24, 2.45) is 5.92 Å². The molecule has 0 unspecified atom stereocenters. The average Bonchev–Trinajstić information content (AvgIpc) is 2.63. The third-order valence-corrected chi connectivity index (χ3v) is 2.82. The van der Waals surface area contributed by atoms with E-state index in [-0.39, 0.29) is 19.4 Å². The van der Waals surface area contributed by atoms with Gasteiger partial charge < -0.3 is 5.11 Å². The van der Waals surface area contributed by atoms with E-state index in [2.05, 4.69) is 0 Å². The van der Waals surface area contributed by atoms with Crippen LogP contribution in [-0.4, -0.2) is 28.0 Å². The fourth-order valence-corrected chi connectivity index (χ4v) is 1.89. The maximum atomic E-state index is 11.8. The van der Waals surface area contributed by atoms with Crippen LogP contribution >= 0.6 is 0 Å². The van der Waals surface area contributed by atoms with Gasteiger partial charge in [-0.2, -0.15) is 5.06 Å². The van der Waals surface area contributed by atoms with Crippen molar-refractivity contribution in [3.63, 3.8) is 0 Å². The van der Waals surface area contributed by atoms with Crippen molar-refractivity contribution in [1.29, 1.82) is 0 Å². The Morgan fingerprint density at radius 1 is 1.32 bits per heavy atom. The first-order chi connectivity index (χ1) is 9.08. The molecule has 2 amide bonds. The predicted molar refractivity (Wildman–Crippen MR) is 63.4 cm³/mol. The number of hydroxylamine groups is 2. The molecule has 0 radical (unpaired) electrons. The van der Waals surface area contributed by atoms with E-state index in [0.717, 1.165) is 5.56 Å². The van der Waals surface area contributed by atoms with Gasteiger partial charge in [-0.15, -0.1) is 0 Å². The van der Waals surface area contributed by atoms with Crippen LogP contribution in [0, 0.1) is 5.92 Å². The molecule has 0 saturated carbocycles. The molecular weight excluding hydrogens is 250 g/mol. The number of carbonyl (C=O) groups is 3. The number of imide groups is 1. The SMILES string of the molecule is O=C(O)C[C@@H]1CC(=O)N(OCc2ccccc2)C1=O. The van der Waals surface area contributed by atoms with Crippen molar-refractivity contribution >= 4 is 17.8 Å². The topological polar surface area (TPSA) is 83.9 Å². The smallest absolute Gasteiger partial charge is 0.304 e. The lowest BCUT2D eigenvalue weighted by atomic mass is 10.0. The third kappa shape index (κ3) is 3.17. The summed E-state index contributed by atoms with van der Waals surface area (Å²) in [5.41, 5.74) is 0.824. The molecule has 6 heteroatoms. The molecule has 2 rings (SSSR count). The molecule has 1 aliphatic rings. The standard InChI is InChI=1S/C13H13NO5/c15-11-6-10(7-12(16)17)13(18)14(11)19-8-9-4-2-1-3-5-9/h1-5,10H,6-8H2,(H,16,17)/t10-/m0/s1. The van der Waals surface area contributed by atoms with Gasteiger partial charge in [0.05, 0.1) is 12.3 Å². The molecule has 1 aromatic rings. The van der Waals surface area contributed by atoms with E-state index in [4.69, 9.17) is 9.94 Å². The number of carboxylic acids is 1. The van der Waals surface area contributed by atoms with E-state index in [1.54, 1.807) is 12.1 Å². The van der Waals surface area contributed by atoms with Crippen molar-refractivity contribution < 1.29 is 24.3 Å². The summed E-state index contributed by atoms with van der Waals surface area (Å²) in [6.45, 7) is 0.0953. The van der Waals surface area contributed by atoms with E-state index in [0.29, 0.717) is 5.06 Å². The number of benzene rings is 1. The Morgan fingerprint density at radius 3 is 2.63 bits per heavy atom. The van der Waals surface area contributed by atoms with Gasteiger partial charge in [0.15, 0.2) is 0 Å². The summed E-state index contributed by atoms with van der Waals surface area (Å²) < 4.78 is 0. The summed E-state index contributed by atoms with van der Waals surface area (Å²) in [5.74, 6) is -2.99. The summed E-state index contributed by atoms with van der Waals surface area (Å²) in [6.07, 6.45) is -0.463. The molecular formula is C13H13NO5. The van der Waals surface area contributed by atoms with Crippen LogP contribution < -0.4 is 0 Å². The molecule has 1 saturated heterocycles. The number of hydrogen-bond acceptors (Lipinski definition) is 4. The lowest BCUT2D eigenvalue weighted by Crippen LogP contribution is -2.31. The molecule has 6 nitrogen and oxygen atoms in total. The molecule has 1 fully saturated rings. The van der Waals surface area contributed by atoms with E-state index in [1.165, 1.54) is 0 Å². The molecule has 1 N–H and O–H groups in total. The second-order valence-corrected chi connectivity index (χ2v) is 4.28. The Kier molecular flexibility index (Phi) is 3.91. The van der Waals surface area contributed by atoms with Crippen LogP contribution in [0.1, 0.15) is 18.4 Å². The summed E-state index contributed by atoms with van der Waals surface area (Å²) in [7, 11) is 0. The largest absolute Gasteiger partial charge is 0.481 e. The monoisotopic (exact) mass is 263 g/mol. The normalized spacial score (nSPS) is 18.9. The van der Waals surface area contributed by atoms with Gasteiger partial charge in [0.2, 0.25) is 0 Å². The van der Waals surface area contributed by atoms with Gasteiger partial charge in [-0.25, -0.2) is 0 Å². The number of carboxylic acid groups (broad SMARTS) is 1. The van der Waals surface area contributed by atoms with Crippen LogP contribution in [-0.2, 0) is 25.8 Å². The van der Waals surface area contributed by atoms with Crippen LogP contribution in [0.15, 0.2) is 30.3 Å². The summed E-state index contributed by atoms with van der Waals surface area (Å²) in [5, 5.41) is 9.33. The molecule has 0 spiro atoms. The predicted octanol–water partition coefficient (Wildman–Crippen LogP) is 0.968. The summed E-state index contributed by atoms with van der Waals surface area (Å²) >= 11 is 0. The van der Waals surface area contributed by atoms with Gasteiger partial charge in [-0.1, -0.05) is 30.3 Å². The fourth-order valence-electron chi connectivity index (χ4n) is 1.89. The van der Waals surface area contributed by atoms with E-state index >= 15 is 0 Å². The Hall–Kier alpha value is -2.21. The number of rotatable bonds is 5. The average molecular weight is 263 g/mol. The maximum absolute atomic E-state index is 11.8. The highest BCUT2D eigenvalue weighted by atomic mass is 16.7. The fraction of sp³-hybridized carbons (Fsp3) is 0.308. The number of carbonyl (C=O) groups excluding carboxylic acids is 2. The molecule has 0 bridgehead atoms. The highest BCUT2D eigenvalue weighted by molar-refractivity contribution is 6.03. The van der Waals surface area contributed by atoms with Gasteiger partial charge >= 0.3 is 5.97 Å². The van der Waals surface area contributed by atoms with Crippen LogP contribution in [0.3, 0.4) is 0 Å². The van der Waals surface area contributed by atoms with Crippen molar-refractivity contribution in [1.82, 2.24) is 5.06 Å². The second-order valence-electron chi connectivity index (χ2n) is 4.28. The zero-order valence-electron chi connectivity index (χ0n) is 10.1. The number of hydrogen-bond donors (Lipinski definition) is 1. The molecule has 100 valence electrons. The van der Waals surface area contributed by atoms with Crippen LogP contribution in [0.25, 0.3) is 0 Å². The first-order valence-corrected chi connectivity index (χ1v) is 5.83. The van der Waals surface area contributed by atoms with Crippen LogP contribution in [0.2, 0.25) is 0 Å². The Balaban J connectivity index is 1.95. The van der Waals surface area contributed by atoms with Gasteiger partial charge in [0.25, 0.3) is 11.8 Å². The maximum Gasteiger partial charge on any atom is 0.304 e. The molecule has 1 aliphatic heterocycles. The van der Waals surface area contributed by atoms with Crippen molar-refractivity contribution in [2.45, 2.75) is 19.4 Å². The summed E-state index contributed by atoms with van der Waals surface area (Å²) in [4.78, 5) is 39.1. The summed E-state index contributed by atoms with van der Waals surface area (Å²) in [6, 6.07) is 9.09. The first kappa shape index (κ1) is 13.2. The zero-order valence-corrected chi connectivity index (χ0v) is 10.1.